The van der Waals surface area contributed by atoms with Gasteiger partial charge in [-0.15, -0.1) is 0 Å². The van der Waals surface area contributed by atoms with E-state index in [2.05, 4.69) is 0 Å². The van der Waals surface area contributed by atoms with Crippen LogP contribution in [0, 0.1) is 6.92 Å². The first kappa shape index (κ1) is 20.3. The third kappa shape index (κ3) is 4.88. The SMILES string of the molecule is COc1ccc(C(Cc2ccc(Oc3ccccc3C)cc2)C(=O)O)cc1OC. The van der Waals surface area contributed by atoms with Crippen LogP contribution in [0.2, 0.25) is 0 Å². The van der Waals surface area contributed by atoms with Gasteiger partial charge in [-0.1, -0.05) is 36.4 Å². The molecule has 0 saturated carbocycles. The van der Waals surface area contributed by atoms with Gasteiger partial charge in [0, 0.05) is 0 Å². The van der Waals surface area contributed by atoms with Crippen LogP contribution in [0.1, 0.15) is 22.6 Å². The zero-order valence-electron chi connectivity index (χ0n) is 16.7. The molecule has 29 heavy (non-hydrogen) atoms. The molecule has 0 spiro atoms. The van der Waals surface area contributed by atoms with Gasteiger partial charge in [0.05, 0.1) is 20.1 Å². The van der Waals surface area contributed by atoms with Crippen molar-refractivity contribution in [3.8, 4) is 23.0 Å². The van der Waals surface area contributed by atoms with Crippen LogP contribution in [0.4, 0.5) is 0 Å². The second kappa shape index (κ2) is 9.15. The molecule has 150 valence electrons. The van der Waals surface area contributed by atoms with Gasteiger partial charge in [0.2, 0.25) is 0 Å². The van der Waals surface area contributed by atoms with Crippen molar-refractivity contribution in [3.63, 3.8) is 0 Å². The second-order valence-corrected chi connectivity index (χ2v) is 6.72. The predicted octanol–water partition coefficient (Wildman–Crippen LogP) is 5.22. The van der Waals surface area contributed by atoms with Crippen LogP contribution in [0.25, 0.3) is 0 Å². The maximum atomic E-state index is 11.9. The van der Waals surface area contributed by atoms with E-state index in [1.807, 2.05) is 55.5 Å². The molecule has 0 aliphatic carbocycles. The van der Waals surface area contributed by atoms with Crippen molar-refractivity contribution in [1.82, 2.24) is 0 Å². The summed E-state index contributed by atoms with van der Waals surface area (Å²) in [6, 6.07) is 20.5. The molecule has 0 aromatic heterocycles. The van der Waals surface area contributed by atoms with E-state index >= 15 is 0 Å². The summed E-state index contributed by atoms with van der Waals surface area (Å²) in [5.41, 5.74) is 2.62. The lowest BCUT2D eigenvalue weighted by Gasteiger charge is -2.16. The fraction of sp³-hybridized carbons (Fsp3) is 0.208. The molecule has 5 nitrogen and oxygen atoms in total. The summed E-state index contributed by atoms with van der Waals surface area (Å²) >= 11 is 0. The standard InChI is InChI=1S/C24H24O5/c1-16-6-4-5-7-21(16)29-19-11-8-17(9-12-19)14-20(24(25)26)18-10-13-22(27-2)23(15-18)28-3/h4-13,15,20H,14H2,1-3H3,(H,25,26). The van der Waals surface area contributed by atoms with Gasteiger partial charge in [-0.25, -0.2) is 0 Å². The van der Waals surface area contributed by atoms with Gasteiger partial charge >= 0.3 is 5.97 Å². The largest absolute Gasteiger partial charge is 0.493 e. The van der Waals surface area contributed by atoms with Crippen molar-refractivity contribution in [2.45, 2.75) is 19.3 Å². The first-order chi connectivity index (χ1) is 14.0. The monoisotopic (exact) mass is 392 g/mol. The van der Waals surface area contributed by atoms with Gasteiger partial charge in [0.1, 0.15) is 11.5 Å². The highest BCUT2D eigenvalue weighted by molar-refractivity contribution is 5.77. The van der Waals surface area contributed by atoms with Crippen LogP contribution in [-0.2, 0) is 11.2 Å². The summed E-state index contributed by atoms with van der Waals surface area (Å²) in [4.78, 5) is 11.9. The highest BCUT2D eigenvalue weighted by Gasteiger charge is 2.22. The molecular formula is C24H24O5. The van der Waals surface area contributed by atoms with Crippen molar-refractivity contribution < 1.29 is 24.1 Å². The molecule has 1 unspecified atom stereocenters. The molecule has 0 amide bonds. The Hall–Kier alpha value is -3.47. The predicted molar refractivity (Wildman–Crippen MR) is 111 cm³/mol. The molecule has 5 heteroatoms. The molecule has 3 aromatic rings. The Bertz CT molecular complexity index is 979. The van der Waals surface area contributed by atoms with E-state index in [0.29, 0.717) is 29.2 Å². The quantitative estimate of drug-likeness (QED) is 0.570. The van der Waals surface area contributed by atoms with E-state index < -0.39 is 11.9 Å². The Morgan fingerprint density at radius 1 is 0.897 bits per heavy atom. The van der Waals surface area contributed by atoms with Gasteiger partial charge in [-0.2, -0.15) is 0 Å². The number of hydrogen-bond acceptors (Lipinski definition) is 4. The van der Waals surface area contributed by atoms with E-state index in [0.717, 1.165) is 16.9 Å². The van der Waals surface area contributed by atoms with E-state index in [-0.39, 0.29) is 0 Å². The normalized spacial score (nSPS) is 11.6. The maximum absolute atomic E-state index is 11.9. The van der Waals surface area contributed by atoms with E-state index in [1.54, 1.807) is 25.3 Å². The molecule has 1 atom stereocenters. The van der Waals surface area contributed by atoms with Crippen molar-refractivity contribution in [2.24, 2.45) is 0 Å². The molecule has 1 N–H and O–H groups in total. The number of hydrogen-bond donors (Lipinski definition) is 1. The van der Waals surface area contributed by atoms with Gasteiger partial charge in [-0.3, -0.25) is 4.79 Å². The summed E-state index contributed by atoms with van der Waals surface area (Å²) in [6.07, 6.45) is 0.357. The highest BCUT2D eigenvalue weighted by Crippen LogP contribution is 2.32. The number of para-hydroxylation sites is 1. The summed E-state index contributed by atoms with van der Waals surface area (Å²) in [5.74, 6) is 1.00. The fourth-order valence-electron chi connectivity index (χ4n) is 3.14. The molecule has 0 saturated heterocycles. The topological polar surface area (TPSA) is 65.0 Å². The summed E-state index contributed by atoms with van der Waals surface area (Å²) in [7, 11) is 3.08. The minimum atomic E-state index is -0.891. The second-order valence-electron chi connectivity index (χ2n) is 6.72. The number of ether oxygens (including phenoxy) is 3. The molecule has 0 heterocycles. The van der Waals surface area contributed by atoms with Crippen molar-refractivity contribution in [2.75, 3.05) is 14.2 Å². The highest BCUT2D eigenvalue weighted by atomic mass is 16.5. The Morgan fingerprint density at radius 2 is 1.59 bits per heavy atom. The molecule has 0 radical (unpaired) electrons. The van der Waals surface area contributed by atoms with Gasteiger partial charge in [0.15, 0.2) is 11.5 Å². The Morgan fingerprint density at radius 3 is 2.21 bits per heavy atom. The average Bonchev–Trinajstić information content (AvgIpc) is 2.74. The lowest BCUT2D eigenvalue weighted by atomic mass is 9.91. The minimum Gasteiger partial charge on any atom is -0.493 e. The summed E-state index contributed by atoms with van der Waals surface area (Å²) in [5, 5.41) is 9.76. The lowest BCUT2D eigenvalue weighted by molar-refractivity contribution is -0.138. The third-order valence-corrected chi connectivity index (χ3v) is 4.79. The van der Waals surface area contributed by atoms with Crippen LogP contribution in [0.5, 0.6) is 23.0 Å². The fourth-order valence-corrected chi connectivity index (χ4v) is 3.14. The number of carbonyl (C=O) groups is 1. The van der Waals surface area contributed by atoms with Gasteiger partial charge < -0.3 is 19.3 Å². The summed E-state index contributed by atoms with van der Waals surface area (Å²) < 4.78 is 16.4. The first-order valence-corrected chi connectivity index (χ1v) is 9.29. The Balaban J connectivity index is 1.78. The Kier molecular flexibility index (Phi) is 6.39. The van der Waals surface area contributed by atoms with Crippen LogP contribution in [0.3, 0.4) is 0 Å². The minimum absolute atomic E-state index is 0.357. The molecule has 0 fully saturated rings. The van der Waals surface area contributed by atoms with E-state index in [4.69, 9.17) is 14.2 Å². The van der Waals surface area contributed by atoms with E-state index in [9.17, 15) is 9.90 Å². The van der Waals surface area contributed by atoms with Crippen molar-refractivity contribution >= 4 is 5.97 Å². The van der Waals surface area contributed by atoms with Crippen LogP contribution >= 0.6 is 0 Å². The number of methoxy groups -OCH3 is 2. The lowest BCUT2D eigenvalue weighted by Crippen LogP contribution is -2.14. The van der Waals surface area contributed by atoms with Crippen LogP contribution < -0.4 is 14.2 Å². The zero-order chi connectivity index (χ0) is 20.8. The number of carboxylic acid groups (broad SMARTS) is 1. The number of rotatable bonds is 8. The smallest absolute Gasteiger partial charge is 0.311 e. The van der Waals surface area contributed by atoms with E-state index in [1.165, 1.54) is 7.11 Å². The summed E-state index contributed by atoms with van der Waals surface area (Å²) in [6.45, 7) is 1.99. The zero-order valence-corrected chi connectivity index (χ0v) is 16.7. The molecule has 0 bridgehead atoms. The maximum Gasteiger partial charge on any atom is 0.311 e. The molecular weight excluding hydrogens is 368 g/mol. The number of aliphatic carboxylic acids is 1. The third-order valence-electron chi connectivity index (χ3n) is 4.79. The molecule has 3 aromatic carbocycles. The molecule has 3 rings (SSSR count). The average molecular weight is 392 g/mol. The Labute approximate surface area is 170 Å². The van der Waals surface area contributed by atoms with Crippen molar-refractivity contribution in [1.29, 1.82) is 0 Å². The van der Waals surface area contributed by atoms with Gasteiger partial charge in [-0.05, 0) is 60.4 Å². The van der Waals surface area contributed by atoms with Crippen molar-refractivity contribution in [3.05, 3.63) is 83.4 Å². The number of carboxylic acids is 1. The first-order valence-electron chi connectivity index (χ1n) is 9.29. The number of benzene rings is 3. The molecule has 0 aliphatic rings. The number of aryl methyl sites for hydroxylation is 1. The molecule has 0 aliphatic heterocycles. The van der Waals surface area contributed by atoms with Crippen LogP contribution in [0.15, 0.2) is 66.7 Å². The van der Waals surface area contributed by atoms with Gasteiger partial charge in [0.25, 0.3) is 0 Å². The van der Waals surface area contributed by atoms with Crippen LogP contribution in [-0.4, -0.2) is 25.3 Å².